The Bertz CT molecular complexity index is 458. The number of amides is 2. The van der Waals surface area contributed by atoms with Crippen molar-refractivity contribution < 1.29 is 9.90 Å². The predicted molar refractivity (Wildman–Crippen MR) is 86.6 cm³/mol. The summed E-state index contributed by atoms with van der Waals surface area (Å²) in [4.78, 5) is 16.1. The Hall–Kier alpha value is -1.14. The molecule has 21 heavy (non-hydrogen) atoms. The quantitative estimate of drug-likeness (QED) is 0.723. The molecule has 0 unspecified atom stereocenters. The van der Waals surface area contributed by atoms with Crippen LogP contribution in [-0.4, -0.2) is 35.3 Å². The van der Waals surface area contributed by atoms with Gasteiger partial charge in [0.2, 0.25) is 0 Å². The molecule has 0 aliphatic carbocycles. The van der Waals surface area contributed by atoms with Crippen molar-refractivity contribution in [2.45, 2.75) is 47.1 Å². The largest absolute Gasteiger partial charge is 0.392 e. The Labute approximate surface area is 131 Å². The first-order valence-electron chi connectivity index (χ1n) is 7.33. The number of urea groups is 1. The highest BCUT2D eigenvalue weighted by molar-refractivity contribution is 7.09. The minimum atomic E-state index is -0.448. The van der Waals surface area contributed by atoms with Gasteiger partial charge in [-0.15, -0.1) is 11.3 Å². The van der Waals surface area contributed by atoms with E-state index in [0.29, 0.717) is 13.1 Å². The van der Waals surface area contributed by atoms with Crippen LogP contribution in [0.4, 0.5) is 4.79 Å². The van der Waals surface area contributed by atoms with Crippen molar-refractivity contribution in [3.63, 3.8) is 0 Å². The number of aryl methyl sites for hydroxylation is 1. The lowest BCUT2D eigenvalue weighted by Crippen LogP contribution is -2.46. The number of carbonyl (C=O) groups excluding carboxylic acids is 1. The fourth-order valence-corrected chi connectivity index (χ4v) is 2.85. The first-order chi connectivity index (χ1) is 9.72. The molecule has 1 aromatic rings. The maximum Gasteiger partial charge on any atom is 0.314 e. The molecule has 0 bridgehead atoms. The first kappa shape index (κ1) is 17.9. The molecular formula is C15H27N3O2S. The van der Waals surface area contributed by atoms with Gasteiger partial charge in [0.05, 0.1) is 16.8 Å². The molecule has 0 spiro atoms. The number of nitrogens with one attached hydrogen (secondary N) is 2. The van der Waals surface area contributed by atoms with Gasteiger partial charge in [0, 0.05) is 30.3 Å². The number of hydrogen-bond donors (Lipinski definition) is 3. The zero-order chi connectivity index (χ0) is 16.0. The van der Waals surface area contributed by atoms with Gasteiger partial charge in [-0.3, -0.25) is 0 Å². The summed E-state index contributed by atoms with van der Waals surface area (Å²) in [5, 5.41) is 18.8. The number of carbonyl (C=O) groups is 1. The van der Waals surface area contributed by atoms with E-state index in [2.05, 4.69) is 15.6 Å². The summed E-state index contributed by atoms with van der Waals surface area (Å²) < 4.78 is 0. The number of hydrogen-bond acceptors (Lipinski definition) is 4. The fraction of sp³-hybridized carbons (Fsp3) is 0.733. The summed E-state index contributed by atoms with van der Waals surface area (Å²) in [6, 6.07) is -0.203. The SMILES string of the molecule is Cc1nc(CCNC(=O)NCC(C)(C)[C@@H](O)C(C)C)cs1. The molecule has 2 amide bonds. The lowest BCUT2D eigenvalue weighted by molar-refractivity contribution is 0.0151. The van der Waals surface area contributed by atoms with Crippen molar-refractivity contribution >= 4 is 17.4 Å². The van der Waals surface area contributed by atoms with Gasteiger partial charge in [-0.2, -0.15) is 0 Å². The summed E-state index contributed by atoms with van der Waals surface area (Å²) in [5.74, 6) is 0.165. The molecule has 0 aliphatic rings. The highest BCUT2D eigenvalue weighted by Crippen LogP contribution is 2.24. The molecule has 120 valence electrons. The van der Waals surface area contributed by atoms with Crippen molar-refractivity contribution in [2.24, 2.45) is 11.3 Å². The molecule has 1 aromatic heterocycles. The van der Waals surface area contributed by atoms with E-state index in [0.717, 1.165) is 17.1 Å². The highest BCUT2D eigenvalue weighted by atomic mass is 32.1. The smallest absolute Gasteiger partial charge is 0.314 e. The van der Waals surface area contributed by atoms with Crippen LogP contribution in [0.1, 0.15) is 38.4 Å². The van der Waals surface area contributed by atoms with E-state index in [1.54, 1.807) is 11.3 Å². The van der Waals surface area contributed by atoms with Crippen LogP contribution in [0.2, 0.25) is 0 Å². The van der Waals surface area contributed by atoms with Gasteiger partial charge < -0.3 is 15.7 Å². The lowest BCUT2D eigenvalue weighted by atomic mass is 9.81. The maximum absolute atomic E-state index is 11.8. The van der Waals surface area contributed by atoms with Crippen molar-refractivity contribution in [3.8, 4) is 0 Å². The Morgan fingerprint density at radius 3 is 2.62 bits per heavy atom. The number of aliphatic hydroxyl groups is 1. The van der Waals surface area contributed by atoms with E-state index < -0.39 is 6.10 Å². The van der Waals surface area contributed by atoms with Gasteiger partial charge in [0.15, 0.2) is 0 Å². The van der Waals surface area contributed by atoms with E-state index >= 15 is 0 Å². The Balaban J connectivity index is 2.27. The molecule has 0 saturated carbocycles. The van der Waals surface area contributed by atoms with Crippen LogP contribution in [0, 0.1) is 18.3 Å². The molecular weight excluding hydrogens is 286 g/mol. The monoisotopic (exact) mass is 313 g/mol. The van der Waals surface area contributed by atoms with Gasteiger partial charge in [-0.25, -0.2) is 9.78 Å². The van der Waals surface area contributed by atoms with Gasteiger partial charge in [0.25, 0.3) is 0 Å². The first-order valence-corrected chi connectivity index (χ1v) is 8.21. The molecule has 3 N–H and O–H groups in total. The minimum absolute atomic E-state index is 0.165. The van der Waals surface area contributed by atoms with Crippen molar-refractivity contribution in [2.75, 3.05) is 13.1 Å². The zero-order valence-electron chi connectivity index (χ0n) is 13.6. The number of aromatic nitrogens is 1. The second-order valence-electron chi connectivity index (χ2n) is 6.39. The van der Waals surface area contributed by atoms with E-state index in [1.165, 1.54) is 0 Å². The molecule has 0 fully saturated rings. The van der Waals surface area contributed by atoms with Crippen LogP contribution < -0.4 is 10.6 Å². The number of rotatable bonds is 7. The van der Waals surface area contributed by atoms with Gasteiger partial charge in [0.1, 0.15) is 0 Å². The van der Waals surface area contributed by atoms with Crippen molar-refractivity contribution in [1.29, 1.82) is 0 Å². The van der Waals surface area contributed by atoms with Crippen LogP contribution in [0.15, 0.2) is 5.38 Å². The van der Waals surface area contributed by atoms with Crippen LogP contribution in [-0.2, 0) is 6.42 Å². The van der Waals surface area contributed by atoms with E-state index in [1.807, 2.05) is 40.0 Å². The highest BCUT2D eigenvalue weighted by Gasteiger charge is 2.30. The van der Waals surface area contributed by atoms with Crippen LogP contribution in [0.25, 0.3) is 0 Å². The summed E-state index contributed by atoms with van der Waals surface area (Å²) >= 11 is 1.62. The average molecular weight is 313 g/mol. The third kappa shape index (κ3) is 6.01. The normalized spacial score (nSPS) is 13.3. The van der Waals surface area contributed by atoms with E-state index in [9.17, 15) is 9.90 Å². The van der Waals surface area contributed by atoms with E-state index in [-0.39, 0.29) is 17.4 Å². The summed E-state index contributed by atoms with van der Waals surface area (Å²) in [7, 11) is 0. The van der Waals surface area contributed by atoms with Crippen LogP contribution >= 0.6 is 11.3 Å². The molecule has 0 aliphatic heterocycles. The van der Waals surface area contributed by atoms with Crippen molar-refractivity contribution in [3.05, 3.63) is 16.1 Å². The van der Waals surface area contributed by atoms with Crippen LogP contribution in [0.3, 0.4) is 0 Å². The zero-order valence-corrected chi connectivity index (χ0v) is 14.4. The second-order valence-corrected chi connectivity index (χ2v) is 7.46. The number of aliphatic hydroxyl groups excluding tert-OH is 1. The Morgan fingerprint density at radius 1 is 1.43 bits per heavy atom. The molecule has 5 nitrogen and oxygen atoms in total. The third-order valence-electron chi connectivity index (χ3n) is 3.47. The molecule has 1 heterocycles. The summed E-state index contributed by atoms with van der Waals surface area (Å²) in [6.45, 7) is 10.8. The average Bonchev–Trinajstić information content (AvgIpc) is 2.81. The lowest BCUT2D eigenvalue weighted by Gasteiger charge is -2.33. The molecule has 1 atom stereocenters. The summed E-state index contributed by atoms with van der Waals surface area (Å²) in [5.41, 5.74) is 0.658. The molecule has 0 radical (unpaired) electrons. The van der Waals surface area contributed by atoms with Crippen LogP contribution in [0.5, 0.6) is 0 Å². The number of nitrogens with zero attached hydrogens (tertiary/aromatic N) is 1. The number of thiazole rings is 1. The summed E-state index contributed by atoms with van der Waals surface area (Å²) in [6.07, 6.45) is 0.284. The van der Waals surface area contributed by atoms with E-state index in [4.69, 9.17) is 0 Å². The fourth-order valence-electron chi connectivity index (χ4n) is 2.20. The van der Waals surface area contributed by atoms with Gasteiger partial charge in [-0.05, 0) is 12.8 Å². The third-order valence-corrected chi connectivity index (χ3v) is 4.29. The Kier molecular flexibility index (Phi) is 6.61. The maximum atomic E-state index is 11.8. The second kappa shape index (κ2) is 7.75. The standard InChI is InChI=1S/C15H27N3O2S/c1-10(2)13(19)15(4,5)9-17-14(20)16-7-6-12-8-21-11(3)18-12/h8,10,13,19H,6-7,9H2,1-5H3,(H2,16,17,20)/t13-/m0/s1. The molecule has 6 heteroatoms. The molecule has 0 aromatic carbocycles. The minimum Gasteiger partial charge on any atom is -0.392 e. The van der Waals surface area contributed by atoms with Crippen molar-refractivity contribution in [1.82, 2.24) is 15.6 Å². The topological polar surface area (TPSA) is 74.2 Å². The molecule has 0 saturated heterocycles. The van der Waals surface area contributed by atoms with Gasteiger partial charge >= 0.3 is 6.03 Å². The Morgan fingerprint density at radius 2 is 2.10 bits per heavy atom. The predicted octanol–water partition coefficient (Wildman–Crippen LogP) is 2.34. The van der Waals surface area contributed by atoms with Gasteiger partial charge in [-0.1, -0.05) is 27.7 Å². The molecule has 1 rings (SSSR count).